The number of benzene rings is 1. The van der Waals surface area contributed by atoms with E-state index in [2.05, 4.69) is 23.9 Å². The van der Waals surface area contributed by atoms with E-state index in [9.17, 15) is 4.79 Å². The first-order chi connectivity index (χ1) is 13.9. The Morgan fingerprint density at radius 1 is 1.24 bits per heavy atom. The number of aryl methyl sites for hydroxylation is 1. The number of carbonyl (C=O) groups is 1. The third-order valence-corrected chi connectivity index (χ3v) is 6.16. The molecule has 0 saturated carbocycles. The maximum Gasteiger partial charge on any atom is 0.257 e. The first-order valence-corrected chi connectivity index (χ1v) is 10.3. The summed E-state index contributed by atoms with van der Waals surface area (Å²) in [5, 5.41) is 5.75. The van der Waals surface area contributed by atoms with E-state index in [1.165, 1.54) is 0 Å². The Morgan fingerprint density at radius 2 is 1.97 bits per heavy atom. The van der Waals surface area contributed by atoms with Crippen molar-refractivity contribution in [2.24, 2.45) is 0 Å². The molecule has 2 aromatic heterocycles. The number of hydrogen-bond donors (Lipinski definition) is 0. The molecule has 0 spiro atoms. The average Bonchev–Trinajstić information content (AvgIpc) is 3.05. The minimum atomic E-state index is -0.0577. The molecule has 0 unspecified atom stereocenters. The van der Waals surface area contributed by atoms with Crippen molar-refractivity contribution in [2.75, 3.05) is 7.11 Å². The highest BCUT2D eigenvalue weighted by Crippen LogP contribution is 2.33. The van der Waals surface area contributed by atoms with Gasteiger partial charge in [0.15, 0.2) is 5.65 Å². The summed E-state index contributed by atoms with van der Waals surface area (Å²) in [7, 11) is 1.63. The van der Waals surface area contributed by atoms with Gasteiger partial charge in [0.2, 0.25) is 0 Å². The fourth-order valence-corrected chi connectivity index (χ4v) is 4.59. The molecule has 6 nitrogen and oxygen atoms in total. The summed E-state index contributed by atoms with van der Waals surface area (Å²) >= 11 is 6.75. The van der Waals surface area contributed by atoms with Crippen LogP contribution in [-0.2, 0) is 0 Å². The van der Waals surface area contributed by atoms with Gasteiger partial charge in [-0.2, -0.15) is 5.10 Å². The van der Waals surface area contributed by atoms with Crippen LogP contribution in [0.1, 0.15) is 49.2 Å². The third-order valence-electron chi connectivity index (χ3n) is 5.76. The topological polar surface area (TPSA) is 60.3 Å². The lowest BCUT2D eigenvalue weighted by Crippen LogP contribution is -2.47. The van der Waals surface area contributed by atoms with Gasteiger partial charge in [-0.05, 0) is 52.2 Å². The van der Waals surface area contributed by atoms with Crippen LogP contribution in [0.2, 0.25) is 5.02 Å². The molecule has 7 heteroatoms. The standard InChI is InChI=1S/C22H25ClN4O2/c1-13-7-5-8-14(2)26(13)22(28)18-12-24-21-19(20(18)23)15(3)25-27(21)16-9-6-10-17(11-16)29-4/h6,9-14H,5,7-8H2,1-4H3/t13-,14-/m1/s1. The van der Waals surface area contributed by atoms with Crippen molar-refractivity contribution in [2.45, 2.75) is 52.1 Å². The van der Waals surface area contributed by atoms with Crippen molar-refractivity contribution < 1.29 is 9.53 Å². The lowest BCUT2D eigenvalue weighted by Gasteiger charge is -2.39. The van der Waals surface area contributed by atoms with Crippen molar-refractivity contribution in [3.05, 3.63) is 46.7 Å². The molecule has 1 aromatic carbocycles. The van der Waals surface area contributed by atoms with E-state index in [-0.39, 0.29) is 18.0 Å². The van der Waals surface area contributed by atoms with E-state index in [1.54, 1.807) is 18.0 Å². The molecule has 29 heavy (non-hydrogen) atoms. The van der Waals surface area contributed by atoms with E-state index in [4.69, 9.17) is 16.3 Å². The monoisotopic (exact) mass is 412 g/mol. The van der Waals surface area contributed by atoms with Crippen molar-refractivity contribution in [3.63, 3.8) is 0 Å². The Bertz CT molecular complexity index is 1070. The molecule has 0 aliphatic carbocycles. The fraction of sp³-hybridized carbons (Fsp3) is 0.409. The van der Waals surface area contributed by atoms with Crippen molar-refractivity contribution in [1.29, 1.82) is 0 Å². The number of pyridine rings is 1. The molecule has 0 radical (unpaired) electrons. The third kappa shape index (κ3) is 3.35. The number of ether oxygens (including phenoxy) is 1. The Labute approximate surface area is 175 Å². The van der Waals surface area contributed by atoms with Gasteiger partial charge in [-0.15, -0.1) is 0 Å². The molecular formula is C22H25ClN4O2. The predicted octanol–water partition coefficient (Wildman–Crippen LogP) is 4.79. The number of carbonyl (C=O) groups excluding carboxylic acids is 1. The van der Waals surface area contributed by atoms with Gasteiger partial charge in [-0.25, -0.2) is 9.67 Å². The summed E-state index contributed by atoms with van der Waals surface area (Å²) in [5.74, 6) is 0.674. The van der Waals surface area contributed by atoms with Gasteiger partial charge in [0.05, 0.1) is 34.5 Å². The number of rotatable bonds is 3. The summed E-state index contributed by atoms with van der Waals surface area (Å²) in [6, 6.07) is 7.98. The van der Waals surface area contributed by atoms with Gasteiger partial charge in [0, 0.05) is 24.3 Å². The van der Waals surface area contributed by atoms with Crippen LogP contribution in [0.5, 0.6) is 5.75 Å². The van der Waals surface area contributed by atoms with Gasteiger partial charge in [-0.3, -0.25) is 4.79 Å². The first kappa shape index (κ1) is 19.7. The molecule has 1 aliphatic heterocycles. The van der Waals surface area contributed by atoms with Crippen molar-refractivity contribution in [1.82, 2.24) is 19.7 Å². The maximum absolute atomic E-state index is 13.3. The van der Waals surface area contributed by atoms with Gasteiger partial charge in [-0.1, -0.05) is 17.7 Å². The summed E-state index contributed by atoms with van der Waals surface area (Å²) in [4.78, 5) is 19.8. The van der Waals surface area contributed by atoms with Crippen LogP contribution in [0.3, 0.4) is 0 Å². The summed E-state index contributed by atoms with van der Waals surface area (Å²) < 4.78 is 7.05. The number of halogens is 1. The zero-order valence-electron chi connectivity index (χ0n) is 17.1. The molecule has 0 bridgehead atoms. The van der Waals surface area contributed by atoms with Gasteiger partial charge >= 0.3 is 0 Å². The van der Waals surface area contributed by atoms with Crippen LogP contribution in [0.4, 0.5) is 0 Å². The maximum atomic E-state index is 13.3. The van der Waals surface area contributed by atoms with Crippen LogP contribution >= 0.6 is 11.6 Å². The van der Waals surface area contributed by atoms with E-state index in [0.29, 0.717) is 21.6 Å². The summed E-state index contributed by atoms with van der Waals surface area (Å²) in [6.07, 6.45) is 4.74. The molecule has 1 saturated heterocycles. The normalized spacial score (nSPS) is 19.6. The number of likely N-dealkylation sites (tertiary alicyclic amines) is 1. The Hall–Kier alpha value is -2.60. The molecule has 3 aromatic rings. The fourth-order valence-electron chi connectivity index (χ4n) is 4.24. The number of methoxy groups -OCH3 is 1. The number of amides is 1. The molecule has 1 fully saturated rings. The van der Waals surface area contributed by atoms with Crippen LogP contribution in [0, 0.1) is 6.92 Å². The molecule has 1 amide bonds. The second-order valence-corrected chi connectivity index (χ2v) is 8.10. The van der Waals surface area contributed by atoms with Gasteiger partial charge in [0.25, 0.3) is 5.91 Å². The Kier molecular flexibility index (Phi) is 5.21. The van der Waals surface area contributed by atoms with E-state index in [0.717, 1.165) is 36.4 Å². The van der Waals surface area contributed by atoms with Gasteiger partial charge in [0.1, 0.15) is 5.75 Å². The van der Waals surface area contributed by atoms with Crippen LogP contribution in [0.25, 0.3) is 16.7 Å². The van der Waals surface area contributed by atoms with Crippen LogP contribution < -0.4 is 4.74 Å². The lowest BCUT2D eigenvalue weighted by molar-refractivity contribution is 0.0510. The van der Waals surface area contributed by atoms with Crippen LogP contribution in [-0.4, -0.2) is 44.8 Å². The Morgan fingerprint density at radius 3 is 2.66 bits per heavy atom. The van der Waals surface area contributed by atoms with E-state index < -0.39 is 0 Å². The molecule has 4 rings (SSSR count). The predicted molar refractivity (Wildman–Crippen MR) is 114 cm³/mol. The quantitative estimate of drug-likeness (QED) is 0.620. The Balaban J connectivity index is 1.81. The minimum Gasteiger partial charge on any atom is -0.497 e. The highest BCUT2D eigenvalue weighted by molar-refractivity contribution is 6.38. The lowest BCUT2D eigenvalue weighted by atomic mass is 9.96. The average molecular weight is 413 g/mol. The number of fused-ring (bicyclic) bond motifs is 1. The highest BCUT2D eigenvalue weighted by atomic mass is 35.5. The number of aromatic nitrogens is 3. The SMILES string of the molecule is COc1cccc(-n2nc(C)c3c(Cl)c(C(=O)N4[C@H](C)CCC[C@H]4C)cnc32)c1. The van der Waals surface area contributed by atoms with Crippen molar-refractivity contribution in [3.8, 4) is 11.4 Å². The van der Waals surface area contributed by atoms with E-state index >= 15 is 0 Å². The number of piperidine rings is 1. The molecule has 2 atom stereocenters. The number of hydrogen-bond acceptors (Lipinski definition) is 4. The highest BCUT2D eigenvalue weighted by Gasteiger charge is 2.32. The largest absolute Gasteiger partial charge is 0.497 e. The summed E-state index contributed by atoms with van der Waals surface area (Å²) in [5.41, 5.74) is 2.61. The zero-order valence-corrected chi connectivity index (χ0v) is 17.9. The van der Waals surface area contributed by atoms with Crippen LogP contribution in [0.15, 0.2) is 30.5 Å². The second kappa shape index (κ2) is 7.67. The van der Waals surface area contributed by atoms with Crippen molar-refractivity contribution >= 4 is 28.5 Å². The minimum absolute atomic E-state index is 0.0577. The second-order valence-electron chi connectivity index (χ2n) is 7.72. The molecule has 3 heterocycles. The molecule has 1 aliphatic rings. The van der Waals surface area contributed by atoms with Gasteiger partial charge < -0.3 is 9.64 Å². The molecular weight excluding hydrogens is 388 g/mol. The number of nitrogens with zero attached hydrogens (tertiary/aromatic N) is 4. The summed E-state index contributed by atoms with van der Waals surface area (Å²) in [6.45, 7) is 6.08. The smallest absolute Gasteiger partial charge is 0.257 e. The first-order valence-electron chi connectivity index (χ1n) is 9.93. The molecule has 0 N–H and O–H groups in total. The molecule has 152 valence electrons. The van der Waals surface area contributed by atoms with E-state index in [1.807, 2.05) is 36.1 Å². The zero-order chi connectivity index (χ0) is 20.7.